The molecule has 0 spiro atoms. The highest BCUT2D eigenvalue weighted by atomic mass is 32.1. The predicted molar refractivity (Wildman–Crippen MR) is 120 cm³/mol. The fourth-order valence-corrected chi connectivity index (χ4v) is 4.68. The van der Waals surface area contributed by atoms with Crippen LogP contribution in [0, 0.1) is 0 Å². The van der Waals surface area contributed by atoms with E-state index in [0.29, 0.717) is 6.61 Å². The number of morpholine rings is 1. The number of aromatic nitrogens is 2. The van der Waals surface area contributed by atoms with Crippen molar-refractivity contribution in [3.8, 4) is 0 Å². The van der Waals surface area contributed by atoms with Crippen LogP contribution in [-0.2, 0) is 16.0 Å². The van der Waals surface area contributed by atoms with Crippen LogP contribution in [0.1, 0.15) is 29.9 Å². The number of hydrogen-bond donors (Lipinski definition) is 1. The zero-order valence-corrected chi connectivity index (χ0v) is 18.4. The molecule has 0 aromatic carbocycles. The molecule has 8 heteroatoms. The molecular weight excluding hydrogens is 398 g/mol. The lowest BCUT2D eigenvalue weighted by atomic mass is 10.0. The summed E-state index contributed by atoms with van der Waals surface area (Å²) in [5.41, 5.74) is 2.25. The molecule has 0 bridgehead atoms. The number of thiocarbonyl (C=S) groups is 1. The number of ether oxygens (including phenoxy) is 2. The minimum atomic E-state index is 0.0262. The number of pyridine rings is 1. The Morgan fingerprint density at radius 1 is 1.17 bits per heavy atom. The molecule has 2 aliphatic heterocycles. The van der Waals surface area contributed by atoms with Crippen molar-refractivity contribution in [3.05, 3.63) is 54.1 Å². The van der Waals surface area contributed by atoms with E-state index >= 15 is 0 Å². The summed E-state index contributed by atoms with van der Waals surface area (Å²) in [5.74, 6) is 0. The highest BCUT2D eigenvalue weighted by Crippen LogP contribution is 2.38. The number of rotatable bonds is 9. The molecule has 0 radical (unpaired) electrons. The first-order chi connectivity index (χ1) is 14.8. The maximum Gasteiger partial charge on any atom is 0.170 e. The molecule has 4 rings (SSSR count). The topological polar surface area (TPSA) is 54.8 Å². The Kier molecular flexibility index (Phi) is 7.33. The zero-order valence-electron chi connectivity index (χ0n) is 17.6. The standard InChI is InChI=1S/C22H31N5O2S/c1-28-15-14-26-10-4-7-19(26)21-20(18-6-2-3-8-23-18)24-22(30)27(21)11-5-9-25-12-16-29-17-13-25/h2-4,6-8,10,20-21H,5,9,11-17H2,1H3,(H,24,30)/t20-,21-/m0/s1. The van der Waals surface area contributed by atoms with Gasteiger partial charge in [0.1, 0.15) is 0 Å². The van der Waals surface area contributed by atoms with Gasteiger partial charge in [-0.25, -0.2) is 0 Å². The summed E-state index contributed by atoms with van der Waals surface area (Å²) in [6.07, 6.45) is 5.03. The first-order valence-corrected chi connectivity index (χ1v) is 11.1. The van der Waals surface area contributed by atoms with E-state index in [9.17, 15) is 0 Å². The molecule has 162 valence electrons. The highest BCUT2D eigenvalue weighted by Gasteiger charge is 2.40. The van der Waals surface area contributed by atoms with E-state index in [4.69, 9.17) is 21.7 Å². The van der Waals surface area contributed by atoms with Crippen LogP contribution < -0.4 is 5.32 Å². The van der Waals surface area contributed by atoms with Gasteiger partial charge in [-0.1, -0.05) is 6.07 Å². The Morgan fingerprint density at radius 3 is 2.80 bits per heavy atom. The third kappa shape index (κ3) is 4.83. The summed E-state index contributed by atoms with van der Waals surface area (Å²) in [5, 5.41) is 4.35. The first-order valence-electron chi connectivity index (χ1n) is 10.7. The molecule has 1 N–H and O–H groups in total. The average molecular weight is 430 g/mol. The summed E-state index contributed by atoms with van der Waals surface area (Å²) >= 11 is 5.79. The second kappa shape index (κ2) is 10.3. The summed E-state index contributed by atoms with van der Waals surface area (Å²) in [6, 6.07) is 10.5. The second-order valence-electron chi connectivity index (χ2n) is 7.75. The van der Waals surface area contributed by atoms with Crippen molar-refractivity contribution in [2.45, 2.75) is 25.0 Å². The molecule has 30 heavy (non-hydrogen) atoms. The number of nitrogens with one attached hydrogen (secondary N) is 1. The molecule has 0 unspecified atom stereocenters. The summed E-state index contributed by atoms with van der Waals surface area (Å²) in [7, 11) is 1.74. The maximum atomic E-state index is 5.79. The molecule has 7 nitrogen and oxygen atoms in total. The van der Waals surface area contributed by atoms with Gasteiger partial charge in [0.25, 0.3) is 0 Å². The maximum absolute atomic E-state index is 5.79. The number of nitrogens with zero attached hydrogens (tertiary/aromatic N) is 4. The summed E-state index contributed by atoms with van der Waals surface area (Å²) in [4.78, 5) is 9.45. The Bertz CT molecular complexity index is 809. The largest absolute Gasteiger partial charge is 0.383 e. The van der Waals surface area contributed by atoms with Crippen molar-refractivity contribution >= 4 is 17.3 Å². The van der Waals surface area contributed by atoms with Gasteiger partial charge in [0, 0.05) is 57.9 Å². The minimum Gasteiger partial charge on any atom is -0.383 e. The zero-order chi connectivity index (χ0) is 20.8. The van der Waals surface area contributed by atoms with Crippen molar-refractivity contribution < 1.29 is 9.47 Å². The predicted octanol–water partition coefficient (Wildman–Crippen LogP) is 2.22. The Balaban J connectivity index is 1.54. The molecule has 0 aliphatic carbocycles. The van der Waals surface area contributed by atoms with Gasteiger partial charge in [-0.3, -0.25) is 9.88 Å². The molecule has 2 fully saturated rings. The van der Waals surface area contributed by atoms with Gasteiger partial charge < -0.3 is 24.3 Å². The monoisotopic (exact) mass is 429 g/mol. The van der Waals surface area contributed by atoms with Gasteiger partial charge in [-0.15, -0.1) is 0 Å². The smallest absolute Gasteiger partial charge is 0.170 e. The Labute approximate surface area is 184 Å². The molecule has 2 aromatic heterocycles. The van der Waals surface area contributed by atoms with E-state index in [1.807, 2.05) is 18.3 Å². The van der Waals surface area contributed by atoms with Gasteiger partial charge in [0.05, 0.1) is 37.6 Å². The van der Waals surface area contributed by atoms with Crippen molar-refractivity contribution in [2.75, 3.05) is 53.1 Å². The SMILES string of the molecule is COCCn1cccc1[C@H]1[C@H](c2ccccn2)NC(=S)N1CCCN1CCOCC1. The average Bonchev–Trinajstić information content (AvgIpc) is 3.37. The fourth-order valence-electron chi connectivity index (χ4n) is 4.35. The minimum absolute atomic E-state index is 0.0262. The molecule has 2 aromatic rings. The molecular formula is C22H31N5O2S. The van der Waals surface area contributed by atoms with Crippen molar-refractivity contribution in [1.82, 2.24) is 24.7 Å². The quantitative estimate of drug-likeness (QED) is 0.614. The van der Waals surface area contributed by atoms with Gasteiger partial charge in [-0.2, -0.15) is 0 Å². The van der Waals surface area contributed by atoms with E-state index in [0.717, 1.165) is 63.2 Å². The van der Waals surface area contributed by atoms with Gasteiger partial charge >= 0.3 is 0 Å². The van der Waals surface area contributed by atoms with Crippen LogP contribution in [0.25, 0.3) is 0 Å². The van der Waals surface area contributed by atoms with Gasteiger partial charge in [0.2, 0.25) is 0 Å². The molecule has 2 atom stereocenters. The molecule has 2 aliphatic rings. The molecule has 0 saturated carbocycles. The van der Waals surface area contributed by atoms with Gasteiger partial charge in [0.15, 0.2) is 5.11 Å². The van der Waals surface area contributed by atoms with Crippen molar-refractivity contribution in [2.24, 2.45) is 0 Å². The van der Waals surface area contributed by atoms with Crippen LogP contribution in [0.15, 0.2) is 42.7 Å². The van der Waals surface area contributed by atoms with E-state index in [1.165, 1.54) is 5.69 Å². The van der Waals surface area contributed by atoms with Crippen LogP contribution in [0.5, 0.6) is 0 Å². The van der Waals surface area contributed by atoms with Crippen LogP contribution >= 0.6 is 12.2 Å². The van der Waals surface area contributed by atoms with Crippen molar-refractivity contribution in [3.63, 3.8) is 0 Å². The van der Waals surface area contributed by atoms with Crippen LogP contribution in [0.4, 0.5) is 0 Å². The molecule has 0 amide bonds. The van der Waals surface area contributed by atoms with Crippen LogP contribution in [0.2, 0.25) is 0 Å². The van der Waals surface area contributed by atoms with Crippen molar-refractivity contribution in [1.29, 1.82) is 0 Å². The number of methoxy groups -OCH3 is 1. The Hall–Kier alpha value is -2.00. The number of hydrogen-bond acceptors (Lipinski definition) is 5. The highest BCUT2D eigenvalue weighted by molar-refractivity contribution is 7.80. The van der Waals surface area contributed by atoms with E-state index < -0.39 is 0 Å². The van der Waals surface area contributed by atoms with Gasteiger partial charge in [-0.05, 0) is 42.9 Å². The summed E-state index contributed by atoms with van der Waals surface area (Å²) < 4.78 is 13.1. The Morgan fingerprint density at radius 2 is 2.03 bits per heavy atom. The van der Waals surface area contributed by atoms with Crippen LogP contribution in [-0.4, -0.2) is 77.6 Å². The third-order valence-corrected chi connectivity index (χ3v) is 6.23. The summed E-state index contributed by atoms with van der Waals surface area (Å²) in [6.45, 7) is 7.17. The van der Waals surface area contributed by atoms with E-state index in [-0.39, 0.29) is 12.1 Å². The van der Waals surface area contributed by atoms with E-state index in [2.05, 4.69) is 49.1 Å². The third-order valence-electron chi connectivity index (χ3n) is 5.88. The normalized spacial score (nSPS) is 22.4. The second-order valence-corrected chi connectivity index (χ2v) is 8.13. The first kappa shape index (κ1) is 21.2. The fraction of sp³-hybridized carbons (Fsp3) is 0.545. The lowest BCUT2D eigenvalue weighted by Gasteiger charge is -2.31. The lowest BCUT2D eigenvalue weighted by Crippen LogP contribution is -2.39. The molecule has 2 saturated heterocycles. The lowest BCUT2D eigenvalue weighted by molar-refractivity contribution is 0.0365. The van der Waals surface area contributed by atoms with Crippen LogP contribution in [0.3, 0.4) is 0 Å². The molecule has 4 heterocycles. The van der Waals surface area contributed by atoms with E-state index in [1.54, 1.807) is 7.11 Å².